The zero-order valence-electron chi connectivity index (χ0n) is 16.5. The molecule has 6 nitrogen and oxygen atoms in total. The van der Waals surface area contributed by atoms with E-state index in [1.54, 1.807) is 17.7 Å². The lowest BCUT2D eigenvalue weighted by atomic mass is 9.97. The van der Waals surface area contributed by atoms with Crippen LogP contribution < -0.4 is 5.56 Å². The van der Waals surface area contributed by atoms with Crippen molar-refractivity contribution < 1.29 is 14.3 Å². The molecule has 0 amide bonds. The number of nitrogens with zero attached hydrogens (tertiary/aromatic N) is 1. The van der Waals surface area contributed by atoms with Crippen LogP contribution in [-0.4, -0.2) is 40.8 Å². The van der Waals surface area contributed by atoms with Gasteiger partial charge in [-0.2, -0.15) is 0 Å². The van der Waals surface area contributed by atoms with E-state index in [2.05, 4.69) is 38.8 Å². The fourth-order valence-electron chi connectivity index (χ4n) is 3.62. The van der Waals surface area contributed by atoms with Gasteiger partial charge in [-0.25, -0.2) is 0 Å². The smallest absolute Gasteiger partial charge is 0.254 e. The standard InChI is InChI=1S/C18H30N2O4SSi/c1-11-10-20(16(25)19-15(11)21)13-9-18(22)8-7-12(14(18)23-13)24-26(5,6)17(2,3)4/h10,12-14,22H,7-9H2,1-6H3,(H,19,21,25)/t12-,13?,14+,18-/m0/s1. The van der Waals surface area contributed by atoms with Gasteiger partial charge >= 0.3 is 0 Å². The molecule has 26 heavy (non-hydrogen) atoms. The SMILES string of the molecule is Cc1cn(C2C[C@@]3(O)CC[C@H](O[Si](C)(C)C(C)(C)C)[C@H]3O2)c(=S)[nH]c1=O. The highest BCUT2D eigenvalue weighted by Gasteiger charge is 2.57. The molecular weight excluding hydrogens is 368 g/mol. The van der Waals surface area contributed by atoms with Crippen molar-refractivity contribution in [2.45, 2.75) is 89.1 Å². The van der Waals surface area contributed by atoms with E-state index in [1.807, 2.05) is 0 Å². The van der Waals surface area contributed by atoms with Crippen molar-refractivity contribution >= 4 is 20.5 Å². The van der Waals surface area contributed by atoms with Crippen LogP contribution in [0.2, 0.25) is 18.1 Å². The Balaban J connectivity index is 1.84. The molecule has 0 aromatic carbocycles. The quantitative estimate of drug-likeness (QED) is 0.603. The van der Waals surface area contributed by atoms with Gasteiger partial charge in [-0.15, -0.1) is 0 Å². The molecule has 1 saturated carbocycles. The first-order valence-corrected chi connectivity index (χ1v) is 12.5. The summed E-state index contributed by atoms with van der Waals surface area (Å²) in [6, 6.07) is 0. The molecule has 2 N–H and O–H groups in total. The Kier molecular flexibility index (Phi) is 4.89. The minimum atomic E-state index is -1.96. The molecule has 1 saturated heterocycles. The van der Waals surface area contributed by atoms with Crippen molar-refractivity contribution in [2.75, 3.05) is 0 Å². The van der Waals surface area contributed by atoms with E-state index < -0.39 is 13.9 Å². The van der Waals surface area contributed by atoms with Crippen LogP contribution in [0.3, 0.4) is 0 Å². The second-order valence-corrected chi connectivity index (χ2v) is 14.4. The van der Waals surface area contributed by atoms with E-state index in [0.717, 1.165) is 6.42 Å². The summed E-state index contributed by atoms with van der Waals surface area (Å²) in [5, 5.41) is 11.2. The summed E-state index contributed by atoms with van der Waals surface area (Å²) in [4.78, 5) is 14.4. The molecule has 0 bridgehead atoms. The molecule has 4 atom stereocenters. The van der Waals surface area contributed by atoms with E-state index >= 15 is 0 Å². The molecule has 2 aliphatic rings. The molecule has 2 heterocycles. The number of aromatic nitrogens is 2. The first-order valence-electron chi connectivity index (χ1n) is 9.22. The van der Waals surface area contributed by atoms with E-state index in [9.17, 15) is 9.90 Å². The van der Waals surface area contributed by atoms with E-state index in [-0.39, 0.29) is 29.0 Å². The van der Waals surface area contributed by atoms with Crippen molar-refractivity contribution in [3.05, 3.63) is 26.9 Å². The van der Waals surface area contributed by atoms with Gasteiger partial charge < -0.3 is 14.3 Å². The molecule has 3 rings (SSSR count). The van der Waals surface area contributed by atoms with Gasteiger partial charge in [0.1, 0.15) is 12.3 Å². The van der Waals surface area contributed by atoms with E-state index in [4.69, 9.17) is 21.4 Å². The van der Waals surface area contributed by atoms with Crippen LogP contribution >= 0.6 is 12.2 Å². The summed E-state index contributed by atoms with van der Waals surface area (Å²) in [7, 11) is -1.96. The Morgan fingerprint density at radius 2 is 2.12 bits per heavy atom. The Hall–Kier alpha value is -0.803. The lowest BCUT2D eigenvalue weighted by Gasteiger charge is -2.40. The molecule has 2 fully saturated rings. The number of aromatic amines is 1. The molecule has 1 unspecified atom stereocenters. The van der Waals surface area contributed by atoms with Gasteiger partial charge in [-0.05, 0) is 50.1 Å². The number of H-pyrrole nitrogens is 1. The third-order valence-electron chi connectivity index (χ3n) is 6.27. The van der Waals surface area contributed by atoms with Crippen LogP contribution in [0.15, 0.2) is 11.0 Å². The largest absolute Gasteiger partial charge is 0.411 e. The zero-order chi connectivity index (χ0) is 19.5. The van der Waals surface area contributed by atoms with Crippen LogP contribution in [0.5, 0.6) is 0 Å². The van der Waals surface area contributed by atoms with Crippen molar-refractivity contribution in [1.82, 2.24) is 9.55 Å². The Morgan fingerprint density at radius 1 is 1.46 bits per heavy atom. The Bertz CT molecular complexity index is 813. The minimum Gasteiger partial charge on any atom is -0.411 e. The molecule has 1 aromatic heterocycles. The maximum Gasteiger partial charge on any atom is 0.254 e. The van der Waals surface area contributed by atoms with Gasteiger partial charge in [0, 0.05) is 18.2 Å². The second kappa shape index (κ2) is 6.37. The number of ether oxygens (including phenoxy) is 1. The monoisotopic (exact) mass is 398 g/mol. The second-order valence-electron chi connectivity index (χ2n) is 9.25. The molecule has 1 aliphatic carbocycles. The lowest BCUT2D eigenvalue weighted by Crippen LogP contribution is -2.48. The highest BCUT2D eigenvalue weighted by atomic mass is 32.1. The van der Waals surface area contributed by atoms with E-state index in [0.29, 0.717) is 23.2 Å². The maximum absolute atomic E-state index is 11.7. The highest BCUT2D eigenvalue weighted by Crippen LogP contribution is 2.49. The first kappa shape index (κ1) is 19.9. The number of hydrogen-bond acceptors (Lipinski definition) is 5. The number of hydrogen-bond donors (Lipinski definition) is 2. The molecule has 0 radical (unpaired) electrons. The Morgan fingerprint density at radius 3 is 2.73 bits per heavy atom. The molecule has 146 valence electrons. The van der Waals surface area contributed by atoms with Gasteiger partial charge in [-0.3, -0.25) is 14.3 Å². The van der Waals surface area contributed by atoms with Crippen molar-refractivity contribution in [2.24, 2.45) is 0 Å². The fourth-order valence-corrected chi connectivity index (χ4v) is 5.24. The molecule has 0 spiro atoms. The number of aliphatic hydroxyl groups is 1. The lowest BCUT2D eigenvalue weighted by molar-refractivity contribution is -0.0814. The Labute approximate surface area is 160 Å². The predicted octanol–water partition coefficient (Wildman–Crippen LogP) is 3.42. The summed E-state index contributed by atoms with van der Waals surface area (Å²) in [5.41, 5.74) is -0.529. The highest BCUT2D eigenvalue weighted by molar-refractivity contribution is 7.71. The van der Waals surface area contributed by atoms with E-state index in [1.165, 1.54) is 0 Å². The number of rotatable bonds is 3. The predicted molar refractivity (Wildman–Crippen MR) is 105 cm³/mol. The zero-order valence-corrected chi connectivity index (χ0v) is 18.3. The average molecular weight is 399 g/mol. The van der Waals surface area contributed by atoms with Crippen LogP contribution in [0.25, 0.3) is 0 Å². The average Bonchev–Trinajstić information content (AvgIpc) is 2.97. The summed E-state index contributed by atoms with van der Waals surface area (Å²) in [6.45, 7) is 12.8. The van der Waals surface area contributed by atoms with Crippen LogP contribution in [0.1, 0.15) is 51.8 Å². The van der Waals surface area contributed by atoms with Gasteiger partial charge in [0.25, 0.3) is 5.56 Å². The summed E-state index contributed by atoms with van der Waals surface area (Å²) >= 11 is 5.29. The molecule has 1 aromatic rings. The number of aryl methyl sites for hydroxylation is 1. The van der Waals surface area contributed by atoms with Crippen LogP contribution in [-0.2, 0) is 9.16 Å². The van der Waals surface area contributed by atoms with Crippen molar-refractivity contribution in [3.63, 3.8) is 0 Å². The van der Waals surface area contributed by atoms with Crippen molar-refractivity contribution in [3.8, 4) is 0 Å². The third-order valence-corrected chi connectivity index (χ3v) is 11.1. The van der Waals surface area contributed by atoms with Gasteiger partial charge in [0.05, 0.1) is 11.7 Å². The third kappa shape index (κ3) is 3.37. The van der Waals surface area contributed by atoms with Gasteiger partial charge in [-0.1, -0.05) is 20.8 Å². The first-order chi connectivity index (χ1) is 11.8. The van der Waals surface area contributed by atoms with Gasteiger partial charge in [0.2, 0.25) is 0 Å². The maximum atomic E-state index is 11.7. The number of fused-ring (bicyclic) bond motifs is 1. The fraction of sp³-hybridized carbons (Fsp3) is 0.778. The number of nitrogens with one attached hydrogen (secondary N) is 1. The van der Waals surface area contributed by atoms with Crippen molar-refractivity contribution in [1.29, 1.82) is 0 Å². The van der Waals surface area contributed by atoms with Gasteiger partial charge in [0.15, 0.2) is 13.1 Å². The minimum absolute atomic E-state index is 0.101. The molecular formula is C18H30N2O4SSi. The van der Waals surface area contributed by atoms with Crippen LogP contribution in [0.4, 0.5) is 0 Å². The topological polar surface area (TPSA) is 76.5 Å². The summed E-state index contributed by atoms with van der Waals surface area (Å²) < 4.78 is 14.9. The molecule has 8 heteroatoms. The normalized spacial score (nSPS) is 32.0. The van der Waals surface area contributed by atoms with Crippen LogP contribution in [0, 0.1) is 11.7 Å². The summed E-state index contributed by atoms with van der Waals surface area (Å²) in [5.74, 6) is 0. The summed E-state index contributed by atoms with van der Waals surface area (Å²) in [6.07, 6.45) is 2.76. The molecule has 1 aliphatic heterocycles.